The van der Waals surface area contributed by atoms with Crippen LogP contribution in [0.2, 0.25) is 0 Å². The maximum Gasteiger partial charge on any atom is 0.302 e. The van der Waals surface area contributed by atoms with Crippen molar-refractivity contribution in [3.8, 4) is 0 Å². The normalized spacial score (nSPS) is 12.1. The first-order valence-electron chi connectivity index (χ1n) is 10.9. The lowest BCUT2D eigenvalue weighted by molar-refractivity contribution is -0.142. The third-order valence-corrected chi connectivity index (χ3v) is 5.65. The molecule has 0 aliphatic rings. The van der Waals surface area contributed by atoms with Crippen LogP contribution in [0.4, 0.5) is 0 Å². The fraction of sp³-hybridized carbons (Fsp3) is 0.385. The highest BCUT2D eigenvalue weighted by Crippen LogP contribution is 2.33. The number of aromatic nitrogens is 1. The van der Waals surface area contributed by atoms with Crippen molar-refractivity contribution in [2.24, 2.45) is 0 Å². The van der Waals surface area contributed by atoms with Crippen LogP contribution in [0.1, 0.15) is 73.6 Å². The lowest BCUT2D eigenvalue weighted by Gasteiger charge is -2.22. The van der Waals surface area contributed by atoms with Crippen molar-refractivity contribution in [2.75, 3.05) is 6.61 Å². The number of unbranched alkanes of at least 4 members (excludes halogenated alkanes) is 3. The third-order valence-electron chi connectivity index (χ3n) is 5.65. The molecule has 0 saturated heterocycles. The van der Waals surface area contributed by atoms with Crippen LogP contribution >= 0.6 is 0 Å². The van der Waals surface area contributed by atoms with Crippen molar-refractivity contribution < 1.29 is 14.3 Å². The zero-order chi connectivity index (χ0) is 21.5. The number of ketones is 1. The molecule has 0 fully saturated rings. The van der Waals surface area contributed by atoms with Crippen LogP contribution < -0.4 is 0 Å². The van der Waals surface area contributed by atoms with Gasteiger partial charge in [-0.25, -0.2) is 0 Å². The van der Waals surface area contributed by atoms with E-state index in [2.05, 4.69) is 17.6 Å². The summed E-state index contributed by atoms with van der Waals surface area (Å²) in [5.41, 5.74) is 3.36. The lowest BCUT2D eigenvalue weighted by Crippen LogP contribution is -2.19. The van der Waals surface area contributed by atoms with Crippen LogP contribution in [0, 0.1) is 6.92 Å². The quantitative estimate of drug-likeness (QED) is 0.227. The van der Waals surface area contributed by atoms with Crippen LogP contribution in [-0.2, 0) is 9.53 Å². The number of para-hydroxylation sites is 1. The van der Waals surface area contributed by atoms with Crippen LogP contribution in [0.15, 0.2) is 54.6 Å². The smallest absolute Gasteiger partial charge is 0.302 e. The summed E-state index contributed by atoms with van der Waals surface area (Å²) in [4.78, 5) is 24.9. The number of ether oxygens (including phenoxy) is 1. The van der Waals surface area contributed by atoms with Gasteiger partial charge in [0.05, 0.1) is 11.6 Å². The Morgan fingerprint density at radius 3 is 2.37 bits per heavy atom. The second-order valence-electron chi connectivity index (χ2n) is 7.85. The van der Waals surface area contributed by atoms with E-state index in [-0.39, 0.29) is 17.8 Å². The molecule has 1 heterocycles. The van der Waals surface area contributed by atoms with E-state index in [1.165, 1.54) is 19.8 Å². The summed E-state index contributed by atoms with van der Waals surface area (Å²) >= 11 is 0. The molecule has 0 saturated carbocycles. The molecule has 1 unspecified atom stereocenters. The minimum Gasteiger partial charge on any atom is -0.464 e. The van der Waals surface area contributed by atoms with Crippen molar-refractivity contribution in [2.45, 2.75) is 58.9 Å². The lowest BCUT2D eigenvalue weighted by atomic mass is 10.0. The van der Waals surface area contributed by atoms with E-state index in [4.69, 9.17) is 4.74 Å². The molecule has 0 amide bonds. The number of benzene rings is 2. The largest absolute Gasteiger partial charge is 0.464 e. The summed E-state index contributed by atoms with van der Waals surface area (Å²) in [6.07, 6.45) is 5.50. The number of carbonyl (C=O) groups excluding carboxylic acids is 2. The molecule has 2 aromatic carbocycles. The van der Waals surface area contributed by atoms with E-state index in [1.807, 2.05) is 55.5 Å². The van der Waals surface area contributed by atoms with Crippen molar-refractivity contribution in [1.82, 2.24) is 4.57 Å². The Hall–Kier alpha value is -2.88. The van der Waals surface area contributed by atoms with E-state index in [1.54, 1.807) is 0 Å². The van der Waals surface area contributed by atoms with Crippen molar-refractivity contribution in [3.05, 3.63) is 71.4 Å². The van der Waals surface area contributed by atoms with Crippen LogP contribution in [0.5, 0.6) is 0 Å². The summed E-state index contributed by atoms with van der Waals surface area (Å²) in [6, 6.07) is 17.4. The zero-order valence-corrected chi connectivity index (χ0v) is 18.2. The average molecular weight is 406 g/mol. The van der Waals surface area contributed by atoms with E-state index >= 15 is 0 Å². The number of rotatable bonds is 10. The van der Waals surface area contributed by atoms with Gasteiger partial charge in [-0.05, 0) is 19.4 Å². The summed E-state index contributed by atoms with van der Waals surface area (Å²) in [5.74, 6) is -0.247. The van der Waals surface area contributed by atoms with E-state index in [0.717, 1.165) is 41.4 Å². The zero-order valence-electron chi connectivity index (χ0n) is 18.2. The molecule has 0 spiro atoms. The molecule has 1 atom stereocenters. The molecule has 1 aromatic heterocycles. The maximum atomic E-state index is 13.4. The summed E-state index contributed by atoms with van der Waals surface area (Å²) < 4.78 is 7.64. The monoisotopic (exact) mass is 405 g/mol. The molecular formula is C26H31NO3. The second-order valence-corrected chi connectivity index (χ2v) is 7.85. The first-order valence-corrected chi connectivity index (χ1v) is 10.9. The molecule has 3 rings (SSSR count). The Kier molecular flexibility index (Phi) is 7.45. The molecule has 0 N–H and O–H groups in total. The molecule has 30 heavy (non-hydrogen) atoms. The van der Waals surface area contributed by atoms with Gasteiger partial charge in [-0.1, -0.05) is 81.1 Å². The third kappa shape index (κ3) is 4.81. The summed E-state index contributed by atoms with van der Waals surface area (Å²) in [5, 5.41) is 0.949. The Bertz CT molecular complexity index is 1000. The molecule has 158 valence electrons. The highest BCUT2D eigenvalue weighted by Gasteiger charge is 2.25. The van der Waals surface area contributed by atoms with E-state index in [0.29, 0.717) is 12.2 Å². The Balaban J connectivity index is 2.05. The predicted octanol–water partition coefficient (Wildman–Crippen LogP) is 6.26. The van der Waals surface area contributed by atoms with E-state index in [9.17, 15) is 9.59 Å². The van der Waals surface area contributed by atoms with Gasteiger partial charge in [-0.2, -0.15) is 0 Å². The van der Waals surface area contributed by atoms with Gasteiger partial charge in [-0.15, -0.1) is 0 Å². The average Bonchev–Trinajstić information content (AvgIpc) is 3.05. The van der Waals surface area contributed by atoms with Gasteiger partial charge in [0.2, 0.25) is 0 Å². The number of hydrogen-bond donors (Lipinski definition) is 0. The van der Waals surface area contributed by atoms with Gasteiger partial charge >= 0.3 is 5.97 Å². The Morgan fingerprint density at radius 1 is 0.967 bits per heavy atom. The number of hydrogen-bond acceptors (Lipinski definition) is 3. The highest BCUT2D eigenvalue weighted by atomic mass is 16.5. The molecule has 0 aliphatic heterocycles. The first kappa shape index (κ1) is 21.8. The first-order chi connectivity index (χ1) is 14.5. The molecule has 4 heteroatoms. The van der Waals surface area contributed by atoms with Gasteiger partial charge in [0.25, 0.3) is 0 Å². The van der Waals surface area contributed by atoms with Gasteiger partial charge in [0.1, 0.15) is 6.61 Å². The van der Waals surface area contributed by atoms with Crippen LogP contribution in [0.25, 0.3) is 10.9 Å². The van der Waals surface area contributed by atoms with E-state index < -0.39 is 0 Å². The maximum absolute atomic E-state index is 13.4. The molecule has 4 nitrogen and oxygen atoms in total. The number of nitrogens with zero attached hydrogens (tertiary/aromatic N) is 1. The minimum absolute atomic E-state index is 0.00739. The standard InChI is InChI=1S/C26H31NO3/c1-4-5-6-10-15-22(18-30-20(3)28)27-19(2)25(23-16-11-12-17-24(23)27)26(29)21-13-8-7-9-14-21/h7-9,11-14,16-17,22H,4-6,10,15,18H2,1-3H3. The molecule has 0 bridgehead atoms. The molecule has 0 aliphatic carbocycles. The minimum atomic E-state index is -0.275. The fourth-order valence-electron chi connectivity index (χ4n) is 4.19. The number of carbonyl (C=O) groups is 2. The fourth-order valence-corrected chi connectivity index (χ4v) is 4.19. The SMILES string of the molecule is CCCCCCC(COC(C)=O)n1c(C)c(C(=O)c2ccccc2)c2ccccc21. The van der Waals surface area contributed by atoms with Crippen molar-refractivity contribution in [1.29, 1.82) is 0 Å². The van der Waals surface area contributed by atoms with Crippen molar-refractivity contribution in [3.63, 3.8) is 0 Å². The van der Waals surface area contributed by atoms with Gasteiger partial charge in [0, 0.05) is 29.1 Å². The van der Waals surface area contributed by atoms with Crippen LogP contribution in [0.3, 0.4) is 0 Å². The Morgan fingerprint density at radius 2 is 1.67 bits per heavy atom. The van der Waals surface area contributed by atoms with Gasteiger partial charge in [-0.3, -0.25) is 9.59 Å². The molecular weight excluding hydrogens is 374 g/mol. The molecule has 3 aromatic rings. The van der Waals surface area contributed by atoms with Gasteiger partial charge in [0.15, 0.2) is 5.78 Å². The highest BCUT2D eigenvalue weighted by molar-refractivity contribution is 6.17. The van der Waals surface area contributed by atoms with Crippen LogP contribution in [-0.4, -0.2) is 22.9 Å². The number of fused-ring (bicyclic) bond motifs is 1. The Labute approximate surface area is 178 Å². The summed E-state index contributed by atoms with van der Waals surface area (Å²) in [7, 11) is 0. The van der Waals surface area contributed by atoms with Gasteiger partial charge < -0.3 is 9.30 Å². The second kappa shape index (κ2) is 10.2. The topological polar surface area (TPSA) is 48.3 Å². The molecule has 0 radical (unpaired) electrons. The number of esters is 1. The predicted molar refractivity (Wildman–Crippen MR) is 121 cm³/mol. The van der Waals surface area contributed by atoms with Crippen molar-refractivity contribution >= 4 is 22.7 Å². The summed E-state index contributed by atoms with van der Waals surface area (Å²) in [6.45, 7) is 5.96.